The highest BCUT2D eigenvalue weighted by atomic mass is 16.6. The highest BCUT2D eigenvalue weighted by Crippen LogP contribution is 2.44. The summed E-state index contributed by atoms with van der Waals surface area (Å²) in [6.45, 7) is 0. The first kappa shape index (κ1) is 20.1. The Balaban J connectivity index is 2.05. The van der Waals surface area contributed by atoms with E-state index in [0.717, 1.165) is 10.8 Å². The third-order valence-electron chi connectivity index (χ3n) is 5.25. The molecule has 3 aromatic rings. The molecule has 1 atom stereocenters. The molecule has 0 radical (unpaired) electrons. The van der Waals surface area contributed by atoms with Crippen molar-refractivity contribution in [2.75, 3.05) is 19.5 Å². The predicted octanol–water partition coefficient (Wildman–Crippen LogP) is 4.01. The van der Waals surface area contributed by atoms with Crippen LogP contribution in [-0.2, 0) is 19.1 Å². The molecule has 3 aromatic carbocycles. The van der Waals surface area contributed by atoms with Crippen LogP contribution in [0.1, 0.15) is 17.2 Å². The Morgan fingerprint density at radius 2 is 1.71 bits per heavy atom. The molecule has 156 valence electrons. The molecule has 0 saturated heterocycles. The SMILES string of the molecule is COC(=O)C1=C(C(=O)OC)C(c2cccc([N+](=O)[O-])c2)Nc2c1ccc1ccccc21. The van der Waals surface area contributed by atoms with Crippen LogP contribution in [0.15, 0.2) is 66.2 Å². The smallest absolute Gasteiger partial charge is 0.339 e. The number of hydrogen-bond acceptors (Lipinski definition) is 7. The van der Waals surface area contributed by atoms with Crippen molar-refractivity contribution in [1.29, 1.82) is 0 Å². The van der Waals surface area contributed by atoms with E-state index in [0.29, 0.717) is 16.8 Å². The summed E-state index contributed by atoms with van der Waals surface area (Å²) in [7, 11) is 2.44. The lowest BCUT2D eigenvalue weighted by atomic mass is 9.84. The summed E-state index contributed by atoms with van der Waals surface area (Å²) < 4.78 is 9.96. The van der Waals surface area contributed by atoms with Crippen LogP contribution in [0.5, 0.6) is 0 Å². The van der Waals surface area contributed by atoms with Crippen molar-refractivity contribution < 1.29 is 24.0 Å². The maximum absolute atomic E-state index is 12.8. The number of esters is 2. The zero-order chi connectivity index (χ0) is 22.1. The Bertz CT molecular complexity index is 1260. The number of nitrogens with one attached hydrogen (secondary N) is 1. The molecule has 1 unspecified atom stereocenters. The van der Waals surface area contributed by atoms with Gasteiger partial charge in [0.1, 0.15) is 0 Å². The molecule has 1 aliphatic rings. The van der Waals surface area contributed by atoms with E-state index in [-0.39, 0.29) is 16.8 Å². The first-order chi connectivity index (χ1) is 15.0. The van der Waals surface area contributed by atoms with Crippen LogP contribution >= 0.6 is 0 Å². The summed E-state index contributed by atoms with van der Waals surface area (Å²) in [6, 6.07) is 16.2. The van der Waals surface area contributed by atoms with Gasteiger partial charge in [0, 0.05) is 23.1 Å². The standard InChI is InChI=1S/C23H18N2O6/c1-30-22(26)18-17-11-10-13-6-3-4-9-16(13)21(17)24-20(19(18)23(27)31-2)14-7-5-8-15(12-14)25(28)29/h3-12,20,24H,1-2H3. The molecule has 0 fully saturated rings. The number of carbonyl (C=O) groups excluding carboxylic acids is 2. The van der Waals surface area contributed by atoms with Gasteiger partial charge in [0.25, 0.3) is 5.69 Å². The van der Waals surface area contributed by atoms with Crippen LogP contribution in [0.2, 0.25) is 0 Å². The molecule has 1 heterocycles. The van der Waals surface area contributed by atoms with Gasteiger partial charge in [-0.1, -0.05) is 48.5 Å². The zero-order valence-electron chi connectivity index (χ0n) is 16.7. The molecule has 0 aliphatic carbocycles. The van der Waals surface area contributed by atoms with Crippen molar-refractivity contribution in [1.82, 2.24) is 0 Å². The molecule has 0 amide bonds. The van der Waals surface area contributed by atoms with Crippen LogP contribution in [-0.4, -0.2) is 31.1 Å². The Kier molecular flexibility index (Phi) is 5.12. The highest BCUT2D eigenvalue weighted by Gasteiger charge is 2.37. The second kappa shape index (κ2) is 7.91. The van der Waals surface area contributed by atoms with Crippen LogP contribution in [0.3, 0.4) is 0 Å². The summed E-state index contributed by atoms with van der Waals surface area (Å²) in [5.41, 5.74) is 1.51. The number of hydrogen-bond donors (Lipinski definition) is 1. The summed E-state index contributed by atoms with van der Waals surface area (Å²) >= 11 is 0. The van der Waals surface area contributed by atoms with Crippen molar-refractivity contribution in [2.45, 2.75) is 6.04 Å². The fraction of sp³-hybridized carbons (Fsp3) is 0.130. The van der Waals surface area contributed by atoms with Crippen molar-refractivity contribution in [3.05, 3.63) is 87.5 Å². The first-order valence-corrected chi connectivity index (χ1v) is 9.40. The van der Waals surface area contributed by atoms with Gasteiger partial charge in [-0.15, -0.1) is 0 Å². The van der Waals surface area contributed by atoms with Crippen molar-refractivity contribution in [3.8, 4) is 0 Å². The van der Waals surface area contributed by atoms with Crippen LogP contribution < -0.4 is 5.32 Å². The van der Waals surface area contributed by atoms with Gasteiger partial charge in [0.05, 0.1) is 42.0 Å². The van der Waals surface area contributed by atoms with Gasteiger partial charge in [-0.25, -0.2) is 9.59 Å². The number of benzene rings is 3. The molecule has 31 heavy (non-hydrogen) atoms. The van der Waals surface area contributed by atoms with Crippen LogP contribution in [0, 0.1) is 10.1 Å². The Morgan fingerprint density at radius 3 is 2.42 bits per heavy atom. The van der Waals surface area contributed by atoms with Crippen molar-refractivity contribution in [3.63, 3.8) is 0 Å². The molecule has 0 bridgehead atoms. The van der Waals surface area contributed by atoms with E-state index in [1.807, 2.05) is 30.3 Å². The lowest BCUT2D eigenvalue weighted by Gasteiger charge is -2.31. The number of anilines is 1. The normalized spacial score (nSPS) is 15.1. The highest BCUT2D eigenvalue weighted by molar-refractivity contribution is 6.27. The number of methoxy groups -OCH3 is 2. The largest absolute Gasteiger partial charge is 0.466 e. The molecule has 0 aromatic heterocycles. The third-order valence-corrected chi connectivity index (χ3v) is 5.25. The zero-order valence-corrected chi connectivity index (χ0v) is 16.7. The van der Waals surface area contributed by atoms with Crippen LogP contribution in [0.4, 0.5) is 11.4 Å². The van der Waals surface area contributed by atoms with Crippen molar-refractivity contribution in [2.24, 2.45) is 0 Å². The van der Waals surface area contributed by atoms with Crippen LogP contribution in [0.25, 0.3) is 16.3 Å². The fourth-order valence-electron chi connectivity index (χ4n) is 3.86. The fourth-order valence-corrected chi connectivity index (χ4v) is 3.86. The maximum Gasteiger partial charge on any atom is 0.339 e. The Hall–Kier alpha value is -4.20. The van der Waals surface area contributed by atoms with Crippen molar-refractivity contribution >= 4 is 39.7 Å². The molecule has 0 spiro atoms. The number of fused-ring (bicyclic) bond motifs is 3. The topological polar surface area (TPSA) is 108 Å². The lowest BCUT2D eigenvalue weighted by Crippen LogP contribution is -2.28. The van der Waals surface area contributed by atoms with Gasteiger partial charge in [-0.05, 0) is 10.9 Å². The molecular weight excluding hydrogens is 400 g/mol. The Morgan fingerprint density at radius 1 is 0.968 bits per heavy atom. The molecule has 4 rings (SSSR count). The minimum absolute atomic E-state index is 0.0256. The average molecular weight is 418 g/mol. The molecule has 1 N–H and O–H groups in total. The molecular formula is C23H18N2O6. The number of non-ortho nitro benzene ring substituents is 1. The Labute approximate surface area is 177 Å². The van der Waals surface area contributed by atoms with E-state index in [1.54, 1.807) is 12.1 Å². The number of nitro benzene ring substituents is 1. The first-order valence-electron chi connectivity index (χ1n) is 9.40. The van der Waals surface area contributed by atoms with Gasteiger partial charge in [0.15, 0.2) is 0 Å². The summed E-state index contributed by atoms with van der Waals surface area (Å²) in [4.78, 5) is 36.4. The maximum atomic E-state index is 12.8. The van der Waals surface area contributed by atoms with E-state index in [1.165, 1.54) is 32.4 Å². The monoisotopic (exact) mass is 418 g/mol. The minimum Gasteiger partial charge on any atom is -0.466 e. The quantitative estimate of drug-likeness (QED) is 0.387. The van der Waals surface area contributed by atoms with Gasteiger partial charge in [0.2, 0.25) is 0 Å². The van der Waals surface area contributed by atoms with E-state index < -0.39 is 22.9 Å². The van der Waals surface area contributed by atoms with E-state index in [4.69, 9.17) is 9.47 Å². The van der Waals surface area contributed by atoms with Gasteiger partial charge < -0.3 is 14.8 Å². The van der Waals surface area contributed by atoms with Gasteiger partial charge in [-0.2, -0.15) is 0 Å². The van der Waals surface area contributed by atoms with E-state index in [2.05, 4.69) is 5.32 Å². The minimum atomic E-state index is -0.861. The number of ether oxygens (including phenoxy) is 2. The lowest BCUT2D eigenvalue weighted by molar-refractivity contribution is -0.384. The molecule has 1 aliphatic heterocycles. The number of rotatable bonds is 4. The second-order valence-electron chi connectivity index (χ2n) is 6.91. The number of carbonyl (C=O) groups is 2. The summed E-state index contributed by atoms with van der Waals surface area (Å²) in [5, 5.41) is 16.4. The summed E-state index contributed by atoms with van der Waals surface area (Å²) in [6.07, 6.45) is 0. The molecule has 8 nitrogen and oxygen atoms in total. The third kappa shape index (κ3) is 3.38. The number of nitro groups is 1. The summed E-state index contributed by atoms with van der Waals surface area (Å²) in [5.74, 6) is -1.43. The number of nitrogens with zero attached hydrogens (tertiary/aromatic N) is 1. The molecule has 8 heteroatoms. The van der Waals surface area contributed by atoms with E-state index >= 15 is 0 Å². The predicted molar refractivity (Wildman–Crippen MR) is 114 cm³/mol. The second-order valence-corrected chi connectivity index (χ2v) is 6.91. The average Bonchev–Trinajstić information content (AvgIpc) is 2.81. The van der Waals surface area contributed by atoms with Gasteiger partial charge >= 0.3 is 11.9 Å². The van der Waals surface area contributed by atoms with Gasteiger partial charge in [-0.3, -0.25) is 10.1 Å². The van der Waals surface area contributed by atoms with E-state index in [9.17, 15) is 19.7 Å². The molecule has 0 saturated carbocycles.